The van der Waals surface area contributed by atoms with Crippen molar-refractivity contribution < 1.29 is 19.1 Å². The largest absolute Gasteiger partial charge is 0.462 e. The number of carbonyl (C=O) groups is 2. The Kier molecular flexibility index (Phi) is 6.94. The van der Waals surface area contributed by atoms with E-state index in [9.17, 15) is 9.59 Å². The highest BCUT2D eigenvalue weighted by Crippen LogP contribution is 2.17. The van der Waals surface area contributed by atoms with Crippen LogP contribution in [0.5, 0.6) is 0 Å². The van der Waals surface area contributed by atoms with E-state index < -0.39 is 0 Å². The summed E-state index contributed by atoms with van der Waals surface area (Å²) < 4.78 is 9.55. The van der Waals surface area contributed by atoms with Gasteiger partial charge in [0, 0.05) is 17.6 Å². The molecule has 0 spiro atoms. The molecule has 0 aromatic heterocycles. The first-order chi connectivity index (χ1) is 8.68. The van der Waals surface area contributed by atoms with E-state index in [1.807, 2.05) is 30.3 Å². The predicted molar refractivity (Wildman–Crippen MR) is 69.4 cm³/mol. The minimum atomic E-state index is -0.370. The van der Waals surface area contributed by atoms with Gasteiger partial charge in [-0.05, 0) is 12.1 Å². The van der Waals surface area contributed by atoms with Crippen molar-refractivity contribution in [3.05, 3.63) is 30.3 Å². The summed E-state index contributed by atoms with van der Waals surface area (Å²) in [5.41, 5.74) is 0. The van der Waals surface area contributed by atoms with E-state index in [1.54, 1.807) is 11.8 Å². The van der Waals surface area contributed by atoms with Crippen LogP contribution in [0.1, 0.15) is 13.3 Å². The van der Waals surface area contributed by atoms with E-state index in [0.717, 1.165) is 4.90 Å². The molecule has 1 rings (SSSR count). The molecule has 0 aliphatic rings. The topological polar surface area (TPSA) is 52.6 Å². The molecule has 1 aromatic rings. The normalized spacial score (nSPS) is 9.83. The second kappa shape index (κ2) is 8.58. The Bertz CT molecular complexity index is 378. The van der Waals surface area contributed by atoms with Gasteiger partial charge >= 0.3 is 11.9 Å². The van der Waals surface area contributed by atoms with Crippen LogP contribution in [0.15, 0.2) is 35.2 Å². The summed E-state index contributed by atoms with van der Waals surface area (Å²) in [6, 6.07) is 9.86. The molecule has 0 radical (unpaired) electrons. The molecule has 0 saturated carbocycles. The third-order valence-electron chi connectivity index (χ3n) is 1.97. The van der Waals surface area contributed by atoms with Gasteiger partial charge in [-0.1, -0.05) is 18.2 Å². The first-order valence-electron chi connectivity index (χ1n) is 5.65. The summed E-state index contributed by atoms with van der Waals surface area (Å²) in [4.78, 5) is 22.9. The highest BCUT2D eigenvalue weighted by Gasteiger charge is 2.03. The number of hydrogen-bond donors (Lipinski definition) is 0. The second-order valence-corrected chi connectivity index (χ2v) is 4.64. The molecule has 0 heterocycles. The molecule has 0 bridgehead atoms. The monoisotopic (exact) mass is 268 g/mol. The summed E-state index contributed by atoms with van der Waals surface area (Å²) in [6.07, 6.45) is 0.347. The predicted octanol–water partition coefficient (Wildman–Crippen LogP) is 2.28. The SMILES string of the molecule is CC(=O)OCCOC(=O)CCSc1ccccc1. The molecule has 0 aliphatic heterocycles. The molecule has 0 amide bonds. The van der Waals surface area contributed by atoms with Crippen molar-refractivity contribution in [3.63, 3.8) is 0 Å². The van der Waals surface area contributed by atoms with Crippen molar-refractivity contribution in [3.8, 4) is 0 Å². The highest BCUT2D eigenvalue weighted by molar-refractivity contribution is 7.99. The highest BCUT2D eigenvalue weighted by atomic mass is 32.2. The molecule has 98 valence electrons. The lowest BCUT2D eigenvalue weighted by molar-refractivity contribution is -0.150. The summed E-state index contributed by atoms with van der Waals surface area (Å²) in [6.45, 7) is 1.56. The summed E-state index contributed by atoms with van der Waals surface area (Å²) in [5.74, 6) is 0.0346. The third kappa shape index (κ3) is 6.96. The van der Waals surface area contributed by atoms with E-state index in [-0.39, 0.29) is 25.2 Å². The number of thioether (sulfide) groups is 1. The molecule has 1 aromatic carbocycles. The molecule has 0 N–H and O–H groups in total. The lowest BCUT2D eigenvalue weighted by atomic mass is 10.4. The van der Waals surface area contributed by atoms with Gasteiger partial charge in [0.2, 0.25) is 0 Å². The summed E-state index contributed by atoms with van der Waals surface area (Å²) in [5, 5.41) is 0. The number of hydrogen-bond acceptors (Lipinski definition) is 5. The zero-order valence-electron chi connectivity index (χ0n) is 10.3. The van der Waals surface area contributed by atoms with E-state index in [2.05, 4.69) is 4.74 Å². The van der Waals surface area contributed by atoms with Crippen molar-refractivity contribution in [2.45, 2.75) is 18.2 Å². The van der Waals surface area contributed by atoms with Gasteiger partial charge < -0.3 is 9.47 Å². The zero-order chi connectivity index (χ0) is 13.2. The Morgan fingerprint density at radius 3 is 2.44 bits per heavy atom. The smallest absolute Gasteiger partial charge is 0.306 e. The fourth-order valence-corrected chi connectivity index (χ4v) is 2.04. The molecule has 0 fully saturated rings. The van der Waals surface area contributed by atoms with Crippen LogP contribution in [0, 0.1) is 0 Å². The van der Waals surface area contributed by atoms with Gasteiger partial charge in [0.1, 0.15) is 13.2 Å². The lowest BCUT2D eigenvalue weighted by Gasteiger charge is -2.05. The fraction of sp³-hybridized carbons (Fsp3) is 0.385. The van der Waals surface area contributed by atoms with Gasteiger partial charge in [-0.25, -0.2) is 0 Å². The number of esters is 2. The molecule has 5 heteroatoms. The number of benzene rings is 1. The summed E-state index contributed by atoms with van der Waals surface area (Å²) >= 11 is 1.61. The van der Waals surface area contributed by atoms with Crippen LogP contribution in [-0.4, -0.2) is 30.9 Å². The van der Waals surface area contributed by atoms with Crippen molar-refractivity contribution in [2.75, 3.05) is 19.0 Å². The quantitative estimate of drug-likeness (QED) is 0.431. The van der Waals surface area contributed by atoms with Gasteiger partial charge in [0.15, 0.2) is 0 Å². The molecule has 4 nitrogen and oxygen atoms in total. The Labute approximate surface area is 111 Å². The van der Waals surface area contributed by atoms with Crippen molar-refractivity contribution in [1.82, 2.24) is 0 Å². The second-order valence-electron chi connectivity index (χ2n) is 3.47. The van der Waals surface area contributed by atoms with Gasteiger partial charge in [-0.3, -0.25) is 9.59 Å². The Morgan fingerprint density at radius 1 is 1.11 bits per heavy atom. The van der Waals surface area contributed by atoms with Gasteiger partial charge in [0.25, 0.3) is 0 Å². The molecular weight excluding hydrogens is 252 g/mol. The average Bonchev–Trinajstić information content (AvgIpc) is 2.36. The van der Waals surface area contributed by atoms with Crippen LogP contribution in [0.4, 0.5) is 0 Å². The first-order valence-corrected chi connectivity index (χ1v) is 6.64. The number of ether oxygens (including phenoxy) is 2. The van der Waals surface area contributed by atoms with Crippen molar-refractivity contribution in [2.24, 2.45) is 0 Å². The van der Waals surface area contributed by atoms with Crippen LogP contribution in [0.2, 0.25) is 0 Å². The maximum atomic E-state index is 11.3. The van der Waals surface area contributed by atoms with Crippen LogP contribution < -0.4 is 0 Å². The Balaban J connectivity index is 2.05. The van der Waals surface area contributed by atoms with Gasteiger partial charge in [-0.2, -0.15) is 0 Å². The molecule has 18 heavy (non-hydrogen) atoms. The third-order valence-corrected chi connectivity index (χ3v) is 2.98. The van der Waals surface area contributed by atoms with Crippen LogP contribution in [0.3, 0.4) is 0 Å². The van der Waals surface area contributed by atoms with E-state index in [1.165, 1.54) is 6.92 Å². The lowest BCUT2D eigenvalue weighted by Crippen LogP contribution is -2.12. The molecule has 0 saturated heterocycles. The van der Waals surface area contributed by atoms with Crippen molar-refractivity contribution >= 4 is 23.7 Å². The maximum absolute atomic E-state index is 11.3. The van der Waals surface area contributed by atoms with Crippen LogP contribution in [-0.2, 0) is 19.1 Å². The molecule has 0 aliphatic carbocycles. The van der Waals surface area contributed by atoms with Gasteiger partial charge in [0.05, 0.1) is 6.42 Å². The average molecular weight is 268 g/mol. The molecule has 0 atom stereocenters. The Morgan fingerprint density at radius 2 is 1.78 bits per heavy atom. The molecular formula is C13H16O4S. The number of rotatable bonds is 7. The minimum Gasteiger partial charge on any atom is -0.462 e. The molecule has 0 unspecified atom stereocenters. The minimum absolute atomic E-state index is 0.118. The van der Waals surface area contributed by atoms with Crippen LogP contribution in [0.25, 0.3) is 0 Å². The zero-order valence-corrected chi connectivity index (χ0v) is 11.1. The van der Waals surface area contributed by atoms with E-state index >= 15 is 0 Å². The van der Waals surface area contributed by atoms with Crippen LogP contribution >= 0.6 is 11.8 Å². The Hall–Kier alpha value is -1.49. The van der Waals surface area contributed by atoms with Crippen molar-refractivity contribution in [1.29, 1.82) is 0 Å². The summed E-state index contributed by atoms with van der Waals surface area (Å²) in [7, 11) is 0. The van der Waals surface area contributed by atoms with E-state index in [4.69, 9.17) is 4.74 Å². The maximum Gasteiger partial charge on any atom is 0.306 e. The first kappa shape index (κ1) is 14.6. The van der Waals surface area contributed by atoms with E-state index in [0.29, 0.717) is 12.2 Å². The van der Waals surface area contributed by atoms with Gasteiger partial charge in [-0.15, -0.1) is 11.8 Å². The fourth-order valence-electron chi connectivity index (χ4n) is 1.18. The number of carbonyl (C=O) groups excluding carboxylic acids is 2. The standard InChI is InChI=1S/C13H16O4S/c1-11(14)16-8-9-17-13(15)7-10-18-12-5-3-2-4-6-12/h2-6H,7-10H2,1H3.